The first kappa shape index (κ1) is 17.3. The summed E-state index contributed by atoms with van der Waals surface area (Å²) in [5.41, 5.74) is 0.946. The summed E-state index contributed by atoms with van der Waals surface area (Å²) in [5, 5.41) is 0. The van der Waals surface area contributed by atoms with Crippen LogP contribution in [0.3, 0.4) is 0 Å². The molecular formula is C19H24O4. The minimum Gasteiger partial charge on any atom is -0.465 e. The SMILES string of the molecule is CCOC(=O)C1(C(=O)OCC)CC(=Cc2ccccc2)C(C)C1. The third-order valence-corrected chi connectivity index (χ3v) is 4.28. The van der Waals surface area contributed by atoms with Crippen molar-refractivity contribution in [3.8, 4) is 0 Å². The number of allylic oxidation sites excluding steroid dienone is 1. The Morgan fingerprint density at radius 3 is 2.22 bits per heavy atom. The van der Waals surface area contributed by atoms with E-state index in [4.69, 9.17) is 9.47 Å². The van der Waals surface area contributed by atoms with Crippen molar-refractivity contribution in [3.05, 3.63) is 41.5 Å². The monoisotopic (exact) mass is 316 g/mol. The number of benzene rings is 1. The average molecular weight is 316 g/mol. The van der Waals surface area contributed by atoms with Crippen molar-refractivity contribution in [2.24, 2.45) is 11.3 Å². The van der Waals surface area contributed by atoms with Crippen molar-refractivity contribution < 1.29 is 19.1 Å². The van der Waals surface area contributed by atoms with Crippen LogP contribution in [0.25, 0.3) is 6.08 Å². The van der Waals surface area contributed by atoms with Gasteiger partial charge in [-0.3, -0.25) is 9.59 Å². The van der Waals surface area contributed by atoms with Gasteiger partial charge in [0.2, 0.25) is 0 Å². The van der Waals surface area contributed by atoms with Crippen LogP contribution in [0.5, 0.6) is 0 Å². The van der Waals surface area contributed by atoms with Gasteiger partial charge >= 0.3 is 11.9 Å². The van der Waals surface area contributed by atoms with Crippen LogP contribution >= 0.6 is 0 Å². The van der Waals surface area contributed by atoms with E-state index in [1.165, 1.54) is 0 Å². The molecule has 0 spiro atoms. The molecule has 1 fully saturated rings. The van der Waals surface area contributed by atoms with E-state index < -0.39 is 17.4 Å². The Morgan fingerprint density at radius 2 is 1.70 bits per heavy atom. The van der Waals surface area contributed by atoms with E-state index in [-0.39, 0.29) is 19.1 Å². The number of hydrogen-bond acceptors (Lipinski definition) is 4. The van der Waals surface area contributed by atoms with Crippen molar-refractivity contribution in [1.29, 1.82) is 0 Å². The first-order chi connectivity index (χ1) is 11.0. The molecule has 1 aliphatic carbocycles. The zero-order chi connectivity index (χ0) is 16.9. The van der Waals surface area contributed by atoms with Crippen LogP contribution in [0.15, 0.2) is 35.9 Å². The quantitative estimate of drug-likeness (QED) is 0.615. The Balaban J connectivity index is 2.33. The van der Waals surface area contributed by atoms with Crippen molar-refractivity contribution >= 4 is 18.0 Å². The summed E-state index contributed by atoms with van der Waals surface area (Å²) in [6.07, 6.45) is 2.86. The second kappa shape index (κ2) is 7.44. The molecule has 0 radical (unpaired) electrons. The minimum atomic E-state index is -1.20. The van der Waals surface area contributed by atoms with Crippen LogP contribution in [0.4, 0.5) is 0 Å². The van der Waals surface area contributed by atoms with Gasteiger partial charge in [0.05, 0.1) is 13.2 Å². The minimum absolute atomic E-state index is 0.129. The highest BCUT2D eigenvalue weighted by atomic mass is 16.6. The zero-order valence-corrected chi connectivity index (χ0v) is 14.0. The highest BCUT2D eigenvalue weighted by molar-refractivity contribution is 6.01. The lowest BCUT2D eigenvalue weighted by molar-refractivity contribution is -0.171. The molecule has 1 saturated carbocycles. The van der Waals surface area contributed by atoms with E-state index in [9.17, 15) is 9.59 Å². The van der Waals surface area contributed by atoms with Gasteiger partial charge in [0.1, 0.15) is 0 Å². The summed E-state index contributed by atoms with van der Waals surface area (Å²) in [7, 11) is 0. The maximum atomic E-state index is 12.5. The molecule has 2 rings (SSSR count). The average Bonchev–Trinajstić information content (AvgIpc) is 2.87. The van der Waals surface area contributed by atoms with Crippen LogP contribution < -0.4 is 0 Å². The Labute approximate surface area is 137 Å². The zero-order valence-electron chi connectivity index (χ0n) is 14.0. The van der Waals surface area contributed by atoms with Crippen LogP contribution in [-0.4, -0.2) is 25.2 Å². The van der Waals surface area contributed by atoms with Gasteiger partial charge < -0.3 is 9.47 Å². The molecule has 0 aromatic heterocycles. The van der Waals surface area contributed by atoms with E-state index >= 15 is 0 Å². The van der Waals surface area contributed by atoms with Gasteiger partial charge in [-0.25, -0.2) is 0 Å². The maximum Gasteiger partial charge on any atom is 0.323 e. The van der Waals surface area contributed by atoms with Gasteiger partial charge in [-0.05, 0) is 38.2 Å². The Kier molecular flexibility index (Phi) is 5.59. The molecule has 124 valence electrons. The van der Waals surface area contributed by atoms with Crippen molar-refractivity contribution in [1.82, 2.24) is 0 Å². The van der Waals surface area contributed by atoms with Gasteiger partial charge in [0, 0.05) is 0 Å². The standard InChI is InChI=1S/C19H24O4/c1-4-22-17(20)19(18(21)23-5-2)12-14(3)16(13-19)11-15-9-7-6-8-10-15/h6-11,14H,4-5,12-13H2,1-3H3. The van der Waals surface area contributed by atoms with Crippen LogP contribution in [0.2, 0.25) is 0 Å². The molecule has 0 N–H and O–H groups in total. The molecule has 0 amide bonds. The first-order valence-corrected chi connectivity index (χ1v) is 8.13. The molecule has 1 aromatic carbocycles. The molecule has 1 unspecified atom stereocenters. The van der Waals surface area contributed by atoms with Crippen LogP contribution in [0, 0.1) is 11.3 Å². The second-order valence-electron chi connectivity index (χ2n) is 5.93. The van der Waals surface area contributed by atoms with E-state index in [0.29, 0.717) is 12.8 Å². The molecule has 4 nitrogen and oxygen atoms in total. The van der Waals surface area contributed by atoms with E-state index in [1.54, 1.807) is 13.8 Å². The lowest BCUT2D eigenvalue weighted by Gasteiger charge is -2.24. The first-order valence-electron chi connectivity index (χ1n) is 8.13. The number of carbonyl (C=O) groups excluding carboxylic acids is 2. The lowest BCUT2D eigenvalue weighted by atomic mass is 9.85. The van der Waals surface area contributed by atoms with Gasteiger partial charge in [0.15, 0.2) is 5.41 Å². The fourth-order valence-corrected chi connectivity index (χ4v) is 3.14. The molecule has 0 aliphatic heterocycles. The van der Waals surface area contributed by atoms with Gasteiger partial charge in [0.25, 0.3) is 0 Å². The number of carbonyl (C=O) groups is 2. The van der Waals surface area contributed by atoms with Crippen molar-refractivity contribution in [2.75, 3.05) is 13.2 Å². The second-order valence-corrected chi connectivity index (χ2v) is 5.93. The summed E-state index contributed by atoms with van der Waals surface area (Å²) >= 11 is 0. The molecule has 0 saturated heterocycles. The maximum absolute atomic E-state index is 12.5. The summed E-state index contributed by atoms with van der Waals surface area (Å²) in [6, 6.07) is 9.91. The Bertz CT molecular complexity index is 571. The fraction of sp³-hybridized carbons (Fsp3) is 0.474. The van der Waals surface area contributed by atoms with E-state index in [2.05, 4.69) is 6.08 Å². The molecule has 0 bridgehead atoms. The topological polar surface area (TPSA) is 52.6 Å². The predicted molar refractivity (Wildman–Crippen MR) is 88.5 cm³/mol. The summed E-state index contributed by atoms with van der Waals surface area (Å²) in [6.45, 7) is 6.04. The molecular weight excluding hydrogens is 292 g/mol. The van der Waals surface area contributed by atoms with Crippen LogP contribution in [-0.2, 0) is 19.1 Å². The summed E-state index contributed by atoms with van der Waals surface area (Å²) < 4.78 is 10.4. The van der Waals surface area contributed by atoms with Gasteiger partial charge in [-0.1, -0.05) is 48.9 Å². The van der Waals surface area contributed by atoms with Crippen molar-refractivity contribution in [2.45, 2.75) is 33.6 Å². The molecule has 1 atom stereocenters. The smallest absolute Gasteiger partial charge is 0.323 e. The van der Waals surface area contributed by atoms with Gasteiger partial charge in [-0.15, -0.1) is 0 Å². The highest BCUT2D eigenvalue weighted by Gasteiger charge is 2.54. The lowest BCUT2D eigenvalue weighted by Crippen LogP contribution is -2.40. The molecule has 1 aromatic rings. The van der Waals surface area contributed by atoms with Crippen LogP contribution in [0.1, 0.15) is 39.2 Å². The number of rotatable bonds is 5. The number of hydrogen-bond donors (Lipinski definition) is 0. The highest BCUT2D eigenvalue weighted by Crippen LogP contribution is 2.47. The van der Waals surface area contributed by atoms with Crippen molar-refractivity contribution in [3.63, 3.8) is 0 Å². The fourth-order valence-electron chi connectivity index (χ4n) is 3.14. The Morgan fingerprint density at radius 1 is 1.13 bits per heavy atom. The van der Waals surface area contributed by atoms with Gasteiger partial charge in [-0.2, -0.15) is 0 Å². The predicted octanol–water partition coefficient (Wildman–Crippen LogP) is 3.61. The molecule has 4 heteroatoms. The third-order valence-electron chi connectivity index (χ3n) is 4.28. The number of ether oxygens (including phenoxy) is 2. The summed E-state index contributed by atoms with van der Waals surface area (Å²) in [5.74, 6) is -0.812. The molecule has 0 heterocycles. The van der Waals surface area contributed by atoms with E-state index in [0.717, 1.165) is 11.1 Å². The Hall–Kier alpha value is -2.10. The summed E-state index contributed by atoms with van der Waals surface area (Å²) in [4.78, 5) is 25.0. The largest absolute Gasteiger partial charge is 0.465 e. The molecule has 1 aliphatic rings. The number of esters is 2. The third kappa shape index (κ3) is 3.63. The van der Waals surface area contributed by atoms with E-state index in [1.807, 2.05) is 37.3 Å². The molecule has 23 heavy (non-hydrogen) atoms. The normalized spacial score (nSPS) is 21.2.